The molecule has 1 aromatic carbocycles. The van der Waals surface area contributed by atoms with Crippen LogP contribution in [0.5, 0.6) is 0 Å². The van der Waals surface area contributed by atoms with E-state index in [1.165, 1.54) is 12.1 Å². The molecule has 0 aromatic heterocycles. The van der Waals surface area contributed by atoms with Crippen LogP contribution in [0.15, 0.2) is 18.2 Å². The second-order valence-electron chi connectivity index (χ2n) is 5.19. The van der Waals surface area contributed by atoms with Gasteiger partial charge < -0.3 is 10.2 Å². The zero-order valence-electron chi connectivity index (χ0n) is 10.2. The molecule has 0 bridgehead atoms. The number of nitrogens with zero attached hydrogens (tertiary/aromatic N) is 2. The summed E-state index contributed by atoms with van der Waals surface area (Å²) < 4.78 is 13.1. The molecule has 18 heavy (non-hydrogen) atoms. The van der Waals surface area contributed by atoms with Gasteiger partial charge in [0.15, 0.2) is 0 Å². The van der Waals surface area contributed by atoms with Crippen LogP contribution in [0, 0.1) is 29.0 Å². The standard InChI is InChI=1S/C14H16FN3/c15-13-1-2-14(11(5-13)6-16)18-4-3-10-7-17-8-12(10)9-18/h1-2,5,10,12,17H,3-4,7-9H2. The highest BCUT2D eigenvalue weighted by atomic mass is 19.1. The smallest absolute Gasteiger partial charge is 0.124 e. The van der Waals surface area contributed by atoms with Crippen LogP contribution in [0.1, 0.15) is 12.0 Å². The minimum atomic E-state index is -0.340. The normalized spacial score (nSPS) is 26.8. The van der Waals surface area contributed by atoms with E-state index in [1.54, 1.807) is 6.07 Å². The number of anilines is 1. The highest BCUT2D eigenvalue weighted by Crippen LogP contribution is 2.31. The molecule has 2 aliphatic rings. The van der Waals surface area contributed by atoms with E-state index < -0.39 is 0 Å². The number of nitriles is 1. The molecule has 2 atom stereocenters. The van der Waals surface area contributed by atoms with Gasteiger partial charge in [-0.15, -0.1) is 0 Å². The quantitative estimate of drug-likeness (QED) is 0.819. The Labute approximate surface area is 106 Å². The first-order valence-electron chi connectivity index (χ1n) is 6.43. The lowest BCUT2D eigenvalue weighted by molar-refractivity contribution is 0.349. The van der Waals surface area contributed by atoms with E-state index in [4.69, 9.17) is 5.26 Å². The second kappa shape index (κ2) is 4.58. The van der Waals surface area contributed by atoms with Gasteiger partial charge in [-0.25, -0.2) is 4.39 Å². The van der Waals surface area contributed by atoms with Crippen LogP contribution >= 0.6 is 0 Å². The average Bonchev–Trinajstić information content (AvgIpc) is 2.85. The van der Waals surface area contributed by atoms with E-state index in [1.807, 2.05) is 0 Å². The van der Waals surface area contributed by atoms with Crippen LogP contribution in [0.2, 0.25) is 0 Å². The molecule has 0 amide bonds. The van der Waals surface area contributed by atoms with Gasteiger partial charge in [0.1, 0.15) is 11.9 Å². The van der Waals surface area contributed by atoms with Crippen LogP contribution in [0.3, 0.4) is 0 Å². The minimum Gasteiger partial charge on any atom is -0.370 e. The fraction of sp³-hybridized carbons (Fsp3) is 0.500. The summed E-state index contributed by atoms with van der Waals surface area (Å²) in [5.41, 5.74) is 1.32. The summed E-state index contributed by atoms with van der Waals surface area (Å²) in [5.74, 6) is 1.09. The number of benzene rings is 1. The summed E-state index contributed by atoms with van der Waals surface area (Å²) in [6, 6.07) is 6.60. The fourth-order valence-corrected chi connectivity index (χ4v) is 3.13. The summed E-state index contributed by atoms with van der Waals surface area (Å²) in [4.78, 5) is 2.23. The van der Waals surface area contributed by atoms with Crippen molar-refractivity contribution in [2.75, 3.05) is 31.1 Å². The summed E-state index contributed by atoms with van der Waals surface area (Å²) >= 11 is 0. The molecule has 4 heteroatoms. The Morgan fingerprint density at radius 3 is 3.00 bits per heavy atom. The van der Waals surface area contributed by atoms with Crippen LogP contribution < -0.4 is 10.2 Å². The first kappa shape index (κ1) is 11.5. The first-order valence-corrected chi connectivity index (χ1v) is 6.43. The Bertz CT molecular complexity index is 494. The maximum Gasteiger partial charge on any atom is 0.124 e. The molecule has 3 rings (SSSR count). The number of piperidine rings is 1. The number of rotatable bonds is 1. The maximum atomic E-state index is 13.1. The van der Waals surface area contributed by atoms with Crippen molar-refractivity contribution in [1.29, 1.82) is 5.26 Å². The number of nitrogens with one attached hydrogen (secondary N) is 1. The van der Waals surface area contributed by atoms with E-state index in [2.05, 4.69) is 16.3 Å². The van der Waals surface area contributed by atoms with Gasteiger partial charge in [-0.1, -0.05) is 0 Å². The van der Waals surface area contributed by atoms with Crippen LogP contribution in [0.4, 0.5) is 10.1 Å². The molecular formula is C14H16FN3. The molecule has 0 saturated carbocycles. The number of halogens is 1. The number of hydrogen-bond donors (Lipinski definition) is 1. The minimum absolute atomic E-state index is 0.340. The molecule has 2 saturated heterocycles. The molecule has 94 valence electrons. The van der Waals surface area contributed by atoms with E-state index in [0.717, 1.165) is 44.2 Å². The Morgan fingerprint density at radius 2 is 2.17 bits per heavy atom. The Balaban J connectivity index is 1.85. The Kier molecular flexibility index (Phi) is 2.92. The Morgan fingerprint density at radius 1 is 1.33 bits per heavy atom. The van der Waals surface area contributed by atoms with Crippen molar-refractivity contribution < 1.29 is 4.39 Å². The third kappa shape index (κ3) is 1.95. The molecule has 3 nitrogen and oxygen atoms in total. The summed E-state index contributed by atoms with van der Waals surface area (Å²) in [5, 5.41) is 12.5. The first-order chi connectivity index (χ1) is 8.78. The molecule has 0 radical (unpaired) electrons. The van der Waals surface area contributed by atoms with Gasteiger partial charge in [-0.3, -0.25) is 0 Å². The summed E-state index contributed by atoms with van der Waals surface area (Å²) in [6.45, 7) is 4.11. The van der Waals surface area contributed by atoms with Crippen molar-refractivity contribution in [3.63, 3.8) is 0 Å². The molecule has 2 fully saturated rings. The highest BCUT2D eigenvalue weighted by Gasteiger charge is 2.33. The van der Waals surface area contributed by atoms with Crippen molar-refractivity contribution in [1.82, 2.24) is 5.32 Å². The van der Waals surface area contributed by atoms with E-state index in [-0.39, 0.29) is 5.82 Å². The molecule has 2 unspecified atom stereocenters. The lowest BCUT2D eigenvalue weighted by atomic mass is 9.88. The average molecular weight is 245 g/mol. The maximum absolute atomic E-state index is 13.1. The van der Waals surface area contributed by atoms with Crippen LogP contribution in [0.25, 0.3) is 0 Å². The monoisotopic (exact) mass is 245 g/mol. The van der Waals surface area contributed by atoms with Gasteiger partial charge >= 0.3 is 0 Å². The van der Waals surface area contributed by atoms with Gasteiger partial charge in [-0.05, 0) is 49.5 Å². The highest BCUT2D eigenvalue weighted by molar-refractivity contribution is 5.59. The SMILES string of the molecule is N#Cc1cc(F)ccc1N1CCC2CNCC2C1. The third-order valence-electron chi connectivity index (χ3n) is 4.12. The zero-order valence-corrected chi connectivity index (χ0v) is 10.2. The van der Waals surface area contributed by atoms with Crippen LogP contribution in [-0.4, -0.2) is 26.2 Å². The topological polar surface area (TPSA) is 39.1 Å². The molecule has 2 aliphatic heterocycles. The van der Waals surface area contributed by atoms with Crippen molar-refractivity contribution in [2.45, 2.75) is 6.42 Å². The summed E-state index contributed by atoms with van der Waals surface area (Å²) in [7, 11) is 0. The van der Waals surface area contributed by atoms with Gasteiger partial charge in [0.05, 0.1) is 11.3 Å². The van der Waals surface area contributed by atoms with Crippen molar-refractivity contribution in [2.24, 2.45) is 11.8 Å². The zero-order chi connectivity index (χ0) is 12.5. The van der Waals surface area contributed by atoms with E-state index in [9.17, 15) is 4.39 Å². The van der Waals surface area contributed by atoms with Gasteiger partial charge in [0, 0.05) is 13.1 Å². The van der Waals surface area contributed by atoms with E-state index >= 15 is 0 Å². The second-order valence-corrected chi connectivity index (χ2v) is 5.19. The lowest BCUT2D eigenvalue weighted by Gasteiger charge is -2.36. The Hall–Kier alpha value is -1.60. The third-order valence-corrected chi connectivity index (χ3v) is 4.12. The molecule has 1 N–H and O–H groups in total. The lowest BCUT2D eigenvalue weighted by Crippen LogP contribution is -2.40. The molecular weight excluding hydrogens is 229 g/mol. The number of hydrogen-bond acceptors (Lipinski definition) is 3. The van der Waals surface area contributed by atoms with Crippen LogP contribution in [-0.2, 0) is 0 Å². The molecule has 1 aromatic rings. The molecule has 0 spiro atoms. The molecule has 0 aliphatic carbocycles. The fourth-order valence-electron chi connectivity index (χ4n) is 3.13. The predicted octanol–water partition coefficient (Wildman–Crippen LogP) is 1.74. The van der Waals surface area contributed by atoms with Gasteiger partial charge in [0.2, 0.25) is 0 Å². The van der Waals surface area contributed by atoms with Crippen molar-refractivity contribution in [3.8, 4) is 6.07 Å². The van der Waals surface area contributed by atoms with Gasteiger partial charge in [-0.2, -0.15) is 5.26 Å². The predicted molar refractivity (Wildman–Crippen MR) is 67.8 cm³/mol. The largest absolute Gasteiger partial charge is 0.370 e. The number of fused-ring (bicyclic) bond motifs is 1. The van der Waals surface area contributed by atoms with Gasteiger partial charge in [0.25, 0.3) is 0 Å². The van der Waals surface area contributed by atoms with Crippen molar-refractivity contribution in [3.05, 3.63) is 29.6 Å². The van der Waals surface area contributed by atoms with Crippen molar-refractivity contribution >= 4 is 5.69 Å². The van der Waals surface area contributed by atoms with E-state index in [0.29, 0.717) is 11.5 Å². The molecule has 2 heterocycles. The summed E-state index contributed by atoms with van der Waals surface area (Å²) in [6.07, 6.45) is 1.15.